The molecule has 36 heavy (non-hydrogen) atoms. The lowest BCUT2D eigenvalue weighted by Crippen LogP contribution is -2.16. The quantitative estimate of drug-likeness (QED) is 0.291. The van der Waals surface area contributed by atoms with Gasteiger partial charge in [0.15, 0.2) is 0 Å². The molecule has 178 valence electrons. The molecule has 2 aromatic heterocycles. The van der Waals surface area contributed by atoms with E-state index in [1.807, 2.05) is 65.2 Å². The summed E-state index contributed by atoms with van der Waals surface area (Å²) in [5.41, 5.74) is 6.00. The highest BCUT2D eigenvalue weighted by atomic mass is 35.5. The van der Waals surface area contributed by atoms with E-state index in [2.05, 4.69) is 17.1 Å². The Balaban J connectivity index is 1.37. The number of aromatic nitrogens is 3. The largest absolute Gasteiger partial charge is 0.371 e. The standard InChI is InChI=1S/C29H23ClN4O2/c1-33-28-10-9-20(11-27(28)26(13-29(33)35)21-7-4-8-24(30)12-21)17-36-18-25-15-32-19-34(25)16-23-6-3-2-5-22(23)14-31/h2-13,15,19H,16-18H2,1H3. The van der Waals surface area contributed by atoms with Crippen LogP contribution in [0, 0.1) is 11.3 Å². The topological polar surface area (TPSA) is 72.8 Å². The second kappa shape index (κ2) is 10.2. The summed E-state index contributed by atoms with van der Waals surface area (Å²) in [4.78, 5) is 16.9. The number of halogens is 1. The van der Waals surface area contributed by atoms with Gasteiger partial charge in [0.2, 0.25) is 0 Å². The van der Waals surface area contributed by atoms with Gasteiger partial charge < -0.3 is 13.9 Å². The number of pyridine rings is 1. The first-order valence-corrected chi connectivity index (χ1v) is 11.8. The number of nitrogens with zero attached hydrogens (tertiary/aromatic N) is 4. The average molecular weight is 495 g/mol. The molecule has 0 aliphatic carbocycles. The number of fused-ring (bicyclic) bond motifs is 1. The van der Waals surface area contributed by atoms with E-state index in [1.165, 1.54) is 0 Å². The van der Waals surface area contributed by atoms with Crippen molar-refractivity contribution in [2.45, 2.75) is 19.8 Å². The van der Waals surface area contributed by atoms with E-state index >= 15 is 0 Å². The second-order valence-corrected chi connectivity index (χ2v) is 9.03. The molecule has 0 saturated carbocycles. The number of benzene rings is 3. The van der Waals surface area contributed by atoms with Gasteiger partial charge in [-0.1, -0.05) is 48.0 Å². The summed E-state index contributed by atoms with van der Waals surface area (Å²) in [6.07, 6.45) is 3.53. The molecule has 6 nitrogen and oxygen atoms in total. The van der Waals surface area contributed by atoms with Crippen molar-refractivity contribution < 1.29 is 4.74 Å². The van der Waals surface area contributed by atoms with Crippen LogP contribution in [-0.4, -0.2) is 14.1 Å². The number of hydrogen-bond donors (Lipinski definition) is 0. The van der Waals surface area contributed by atoms with Crippen LogP contribution < -0.4 is 5.56 Å². The molecule has 0 radical (unpaired) electrons. The van der Waals surface area contributed by atoms with Gasteiger partial charge in [-0.25, -0.2) is 4.98 Å². The SMILES string of the molecule is Cn1c(=O)cc(-c2cccc(Cl)c2)c2cc(COCc3cncn3Cc3ccccc3C#N)ccc21. The Morgan fingerprint density at radius 3 is 2.72 bits per heavy atom. The molecule has 0 unspecified atom stereocenters. The molecule has 0 fully saturated rings. The fourth-order valence-corrected chi connectivity index (χ4v) is 4.52. The van der Waals surface area contributed by atoms with Crippen molar-refractivity contribution in [1.82, 2.24) is 14.1 Å². The Morgan fingerprint density at radius 1 is 1.03 bits per heavy atom. The molecule has 5 aromatic rings. The van der Waals surface area contributed by atoms with Crippen LogP contribution in [0.1, 0.15) is 22.4 Å². The average Bonchev–Trinajstić information content (AvgIpc) is 3.33. The molecular formula is C29H23ClN4O2. The molecule has 0 aliphatic rings. The van der Waals surface area contributed by atoms with E-state index in [9.17, 15) is 10.1 Å². The Labute approximate surface area is 213 Å². The van der Waals surface area contributed by atoms with E-state index in [-0.39, 0.29) is 5.56 Å². The number of rotatable bonds is 7. The van der Waals surface area contributed by atoms with Crippen molar-refractivity contribution in [3.05, 3.63) is 123 Å². The smallest absolute Gasteiger partial charge is 0.251 e. The summed E-state index contributed by atoms with van der Waals surface area (Å²) >= 11 is 6.22. The molecule has 0 spiro atoms. The van der Waals surface area contributed by atoms with E-state index in [0.29, 0.717) is 30.3 Å². The zero-order chi connectivity index (χ0) is 25.1. The zero-order valence-corrected chi connectivity index (χ0v) is 20.4. The number of hydrogen-bond acceptors (Lipinski definition) is 4. The van der Waals surface area contributed by atoms with E-state index < -0.39 is 0 Å². The third kappa shape index (κ3) is 4.80. The molecule has 0 saturated heterocycles. The maximum atomic E-state index is 12.6. The monoisotopic (exact) mass is 494 g/mol. The summed E-state index contributed by atoms with van der Waals surface area (Å²) in [5, 5.41) is 10.9. The van der Waals surface area contributed by atoms with Crippen molar-refractivity contribution in [3.8, 4) is 17.2 Å². The summed E-state index contributed by atoms with van der Waals surface area (Å²) in [6.45, 7) is 1.32. The third-order valence-electron chi connectivity index (χ3n) is 6.24. The normalized spacial score (nSPS) is 11.0. The van der Waals surface area contributed by atoms with Gasteiger partial charge in [-0.05, 0) is 52.6 Å². The Hall–Kier alpha value is -4.18. The van der Waals surface area contributed by atoms with Crippen LogP contribution in [0.25, 0.3) is 22.0 Å². The first kappa shape index (κ1) is 23.6. The fraction of sp³-hybridized carbons (Fsp3) is 0.138. The van der Waals surface area contributed by atoms with Crippen molar-refractivity contribution >= 4 is 22.5 Å². The van der Waals surface area contributed by atoms with Crippen molar-refractivity contribution in [3.63, 3.8) is 0 Å². The Kier molecular flexibility index (Phi) is 6.68. The number of ether oxygens (including phenoxy) is 1. The van der Waals surface area contributed by atoms with E-state index in [4.69, 9.17) is 16.3 Å². The molecule has 0 bridgehead atoms. The molecule has 2 heterocycles. The van der Waals surface area contributed by atoms with Crippen LogP contribution in [-0.2, 0) is 31.5 Å². The zero-order valence-electron chi connectivity index (χ0n) is 19.7. The third-order valence-corrected chi connectivity index (χ3v) is 6.48. The lowest BCUT2D eigenvalue weighted by atomic mass is 9.99. The molecule has 0 atom stereocenters. The highest BCUT2D eigenvalue weighted by molar-refractivity contribution is 6.30. The van der Waals surface area contributed by atoms with Gasteiger partial charge in [-0.3, -0.25) is 4.79 Å². The van der Waals surface area contributed by atoms with Gasteiger partial charge in [-0.15, -0.1) is 0 Å². The molecule has 0 N–H and O–H groups in total. The Bertz CT molecular complexity index is 1660. The lowest BCUT2D eigenvalue weighted by molar-refractivity contribution is 0.102. The summed E-state index contributed by atoms with van der Waals surface area (Å²) in [6, 6.07) is 24.9. The van der Waals surface area contributed by atoms with Crippen molar-refractivity contribution in [2.24, 2.45) is 7.05 Å². The molecule has 0 aliphatic heterocycles. The number of imidazole rings is 1. The molecule has 3 aromatic carbocycles. The highest BCUT2D eigenvalue weighted by Gasteiger charge is 2.11. The van der Waals surface area contributed by atoms with Gasteiger partial charge in [0.25, 0.3) is 5.56 Å². The maximum absolute atomic E-state index is 12.6. The fourth-order valence-electron chi connectivity index (χ4n) is 4.33. The maximum Gasteiger partial charge on any atom is 0.251 e. The van der Waals surface area contributed by atoms with Crippen molar-refractivity contribution in [2.75, 3.05) is 0 Å². The van der Waals surface area contributed by atoms with Crippen LogP contribution in [0.4, 0.5) is 0 Å². The summed E-state index contributed by atoms with van der Waals surface area (Å²) < 4.78 is 9.69. The van der Waals surface area contributed by atoms with Crippen LogP contribution in [0.5, 0.6) is 0 Å². The van der Waals surface area contributed by atoms with Crippen LogP contribution in [0.15, 0.2) is 90.1 Å². The van der Waals surface area contributed by atoms with Gasteiger partial charge in [0, 0.05) is 23.5 Å². The highest BCUT2D eigenvalue weighted by Crippen LogP contribution is 2.29. The van der Waals surface area contributed by atoms with Gasteiger partial charge in [0.05, 0.1) is 55.1 Å². The minimum Gasteiger partial charge on any atom is -0.371 e. The molecule has 7 heteroatoms. The summed E-state index contributed by atoms with van der Waals surface area (Å²) in [7, 11) is 1.77. The summed E-state index contributed by atoms with van der Waals surface area (Å²) in [5.74, 6) is 0. The minimum absolute atomic E-state index is 0.0762. The predicted molar refractivity (Wildman–Crippen MR) is 141 cm³/mol. The van der Waals surface area contributed by atoms with Crippen LogP contribution in [0.2, 0.25) is 5.02 Å². The molecular weight excluding hydrogens is 472 g/mol. The molecule has 0 amide bonds. The van der Waals surface area contributed by atoms with Gasteiger partial charge >= 0.3 is 0 Å². The molecule has 5 rings (SSSR count). The van der Waals surface area contributed by atoms with Crippen LogP contribution >= 0.6 is 11.6 Å². The first-order chi connectivity index (χ1) is 17.5. The van der Waals surface area contributed by atoms with Crippen molar-refractivity contribution in [1.29, 1.82) is 5.26 Å². The number of aryl methyl sites for hydroxylation is 1. The lowest BCUT2D eigenvalue weighted by Gasteiger charge is -2.13. The minimum atomic E-state index is -0.0762. The van der Waals surface area contributed by atoms with E-state index in [0.717, 1.165) is 38.9 Å². The van der Waals surface area contributed by atoms with Gasteiger partial charge in [0.1, 0.15) is 0 Å². The van der Waals surface area contributed by atoms with Crippen LogP contribution in [0.3, 0.4) is 0 Å². The van der Waals surface area contributed by atoms with Gasteiger partial charge in [-0.2, -0.15) is 5.26 Å². The number of nitriles is 1. The predicted octanol–water partition coefficient (Wildman–Crippen LogP) is 5.69. The first-order valence-electron chi connectivity index (χ1n) is 11.5. The second-order valence-electron chi connectivity index (χ2n) is 8.59. The Morgan fingerprint density at radius 2 is 1.89 bits per heavy atom. The van der Waals surface area contributed by atoms with E-state index in [1.54, 1.807) is 30.2 Å².